The van der Waals surface area contributed by atoms with E-state index in [2.05, 4.69) is 32.6 Å². The molecule has 0 atom stereocenters. The minimum atomic E-state index is -0.968. The van der Waals surface area contributed by atoms with Crippen molar-refractivity contribution < 1.29 is 15.0 Å². The second-order valence-corrected chi connectivity index (χ2v) is 7.29. The van der Waals surface area contributed by atoms with E-state index in [9.17, 15) is 9.90 Å². The molecule has 0 aromatic heterocycles. The van der Waals surface area contributed by atoms with Crippen molar-refractivity contribution >= 4 is 5.97 Å². The number of hydrogen-bond donors (Lipinski definition) is 2. The number of phenols is 1. The monoisotopic (exact) mass is 288 g/mol. The van der Waals surface area contributed by atoms with Gasteiger partial charge in [0.2, 0.25) is 0 Å². The third-order valence-corrected chi connectivity index (χ3v) is 3.25. The van der Waals surface area contributed by atoms with Gasteiger partial charge in [0.25, 0.3) is 0 Å². The highest BCUT2D eigenvalue weighted by Gasteiger charge is 2.24. The molecule has 0 saturated carbocycles. The lowest BCUT2D eigenvalue weighted by atomic mass is 9.79. The van der Waals surface area contributed by atoms with E-state index < -0.39 is 5.97 Å². The van der Waals surface area contributed by atoms with Crippen LogP contribution in [-0.4, -0.2) is 16.2 Å². The number of aromatic hydroxyl groups is 1. The molecule has 0 unspecified atom stereocenters. The van der Waals surface area contributed by atoms with Crippen LogP contribution < -0.4 is 0 Å². The molecular formula is C18H24O3. The second kappa shape index (κ2) is 5.81. The fraction of sp³-hybridized carbons (Fsp3) is 0.500. The van der Waals surface area contributed by atoms with E-state index in [4.69, 9.17) is 5.11 Å². The third kappa shape index (κ3) is 4.53. The second-order valence-electron chi connectivity index (χ2n) is 7.29. The Hall–Kier alpha value is -1.95. The fourth-order valence-corrected chi connectivity index (χ4v) is 1.95. The van der Waals surface area contributed by atoms with Crippen molar-refractivity contribution in [1.29, 1.82) is 0 Å². The third-order valence-electron chi connectivity index (χ3n) is 3.25. The lowest BCUT2D eigenvalue weighted by molar-refractivity contribution is -0.135. The maximum Gasteiger partial charge on any atom is 0.315 e. The zero-order chi connectivity index (χ0) is 16.4. The van der Waals surface area contributed by atoms with E-state index in [1.165, 1.54) is 0 Å². The van der Waals surface area contributed by atoms with Crippen molar-refractivity contribution in [2.75, 3.05) is 0 Å². The summed E-state index contributed by atoms with van der Waals surface area (Å²) in [5.74, 6) is 4.56. The molecule has 3 nitrogen and oxygen atoms in total. The largest absolute Gasteiger partial charge is 0.506 e. The molecule has 0 aliphatic carbocycles. The number of benzene rings is 1. The summed E-state index contributed by atoms with van der Waals surface area (Å²) in [7, 11) is 0. The van der Waals surface area contributed by atoms with Crippen molar-refractivity contribution in [2.24, 2.45) is 0 Å². The van der Waals surface area contributed by atoms with Crippen molar-refractivity contribution in [3.8, 4) is 17.6 Å². The van der Waals surface area contributed by atoms with E-state index in [0.717, 1.165) is 11.1 Å². The van der Waals surface area contributed by atoms with Gasteiger partial charge >= 0.3 is 5.97 Å². The highest BCUT2D eigenvalue weighted by Crippen LogP contribution is 2.37. The zero-order valence-electron chi connectivity index (χ0n) is 13.7. The highest BCUT2D eigenvalue weighted by molar-refractivity contribution is 5.70. The van der Waals surface area contributed by atoms with Gasteiger partial charge in [-0.25, -0.2) is 0 Å². The molecule has 0 heterocycles. The van der Waals surface area contributed by atoms with Crippen LogP contribution >= 0.6 is 0 Å². The zero-order valence-corrected chi connectivity index (χ0v) is 13.7. The van der Waals surface area contributed by atoms with Crippen molar-refractivity contribution in [1.82, 2.24) is 0 Å². The Morgan fingerprint density at radius 1 is 1.10 bits per heavy atom. The van der Waals surface area contributed by atoms with Crippen LogP contribution in [0.4, 0.5) is 0 Å². The van der Waals surface area contributed by atoms with Gasteiger partial charge in [-0.2, -0.15) is 0 Å². The normalized spacial score (nSPS) is 11.7. The summed E-state index contributed by atoms with van der Waals surface area (Å²) in [4.78, 5) is 10.6. The van der Waals surface area contributed by atoms with Crippen LogP contribution in [-0.2, 0) is 15.6 Å². The number of carbonyl (C=O) groups is 1. The number of rotatable bonds is 1. The molecule has 0 saturated heterocycles. The molecule has 0 fully saturated rings. The Morgan fingerprint density at radius 2 is 1.67 bits per heavy atom. The molecule has 0 aliphatic heterocycles. The topological polar surface area (TPSA) is 57.5 Å². The van der Waals surface area contributed by atoms with E-state index in [1.54, 1.807) is 0 Å². The van der Waals surface area contributed by atoms with E-state index in [-0.39, 0.29) is 23.0 Å². The minimum absolute atomic E-state index is 0.0725. The van der Waals surface area contributed by atoms with Gasteiger partial charge in [0.1, 0.15) is 12.2 Å². The maximum atomic E-state index is 10.6. The Labute approximate surface area is 127 Å². The van der Waals surface area contributed by atoms with Gasteiger partial charge in [0.05, 0.1) is 5.56 Å². The molecule has 0 bridgehead atoms. The van der Waals surface area contributed by atoms with Gasteiger partial charge in [0, 0.05) is 5.56 Å². The minimum Gasteiger partial charge on any atom is -0.506 e. The average molecular weight is 288 g/mol. The van der Waals surface area contributed by atoms with Crippen LogP contribution in [0.15, 0.2) is 12.1 Å². The molecule has 1 rings (SSSR count). The van der Waals surface area contributed by atoms with Crippen molar-refractivity contribution in [2.45, 2.75) is 58.8 Å². The molecule has 114 valence electrons. The molecule has 3 heteroatoms. The molecule has 0 spiro atoms. The molecule has 2 N–H and O–H groups in total. The van der Waals surface area contributed by atoms with Gasteiger partial charge in [-0.05, 0) is 22.5 Å². The van der Waals surface area contributed by atoms with Gasteiger partial charge in [-0.3, -0.25) is 4.79 Å². The van der Waals surface area contributed by atoms with Crippen LogP contribution in [0.2, 0.25) is 0 Å². The highest BCUT2D eigenvalue weighted by atomic mass is 16.4. The summed E-state index contributed by atoms with van der Waals surface area (Å²) in [6.45, 7) is 12.4. The summed E-state index contributed by atoms with van der Waals surface area (Å²) in [5, 5.41) is 19.1. The summed E-state index contributed by atoms with van der Waals surface area (Å²) in [5.41, 5.74) is 2.11. The van der Waals surface area contributed by atoms with Crippen LogP contribution in [0.5, 0.6) is 5.75 Å². The number of phenolic OH excluding ortho intramolecular Hbond substituents is 1. The Bertz CT molecular complexity index is 602. The van der Waals surface area contributed by atoms with Gasteiger partial charge in [-0.15, -0.1) is 0 Å². The van der Waals surface area contributed by atoms with Crippen molar-refractivity contribution in [3.63, 3.8) is 0 Å². The molecule has 1 aromatic rings. The number of aliphatic carboxylic acids is 1. The van der Waals surface area contributed by atoms with Crippen LogP contribution in [0.3, 0.4) is 0 Å². The Morgan fingerprint density at radius 3 is 2.10 bits per heavy atom. The van der Waals surface area contributed by atoms with Gasteiger partial charge in [0.15, 0.2) is 0 Å². The smallest absolute Gasteiger partial charge is 0.315 e. The quantitative estimate of drug-likeness (QED) is 0.772. The Balaban J connectivity index is 3.48. The molecule has 0 amide bonds. The number of hydrogen-bond acceptors (Lipinski definition) is 2. The van der Waals surface area contributed by atoms with Crippen LogP contribution in [0.1, 0.15) is 64.7 Å². The first-order chi connectivity index (χ1) is 9.43. The van der Waals surface area contributed by atoms with Crippen LogP contribution in [0.25, 0.3) is 0 Å². The summed E-state index contributed by atoms with van der Waals surface area (Å²) >= 11 is 0. The SMILES string of the molecule is CC(C)(C)c1cc(C#CCC(=O)O)c(O)c(C(C)(C)C)c1. The summed E-state index contributed by atoms with van der Waals surface area (Å²) < 4.78 is 0. The number of carboxylic acids is 1. The molecular weight excluding hydrogens is 264 g/mol. The van der Waals surface area contributed by atoms with Crippen LogP contribution in [0, 0.1) is 11.8 Å². The number of carboxylic acid groups (broad SMARTS) is 1. The lowest BCUT2D eigenvalue weighted by Gasteiger charge is -2.26. The first kappa shape index (κ1) is 17.1. The molecule has 0 aliphatic rings. The predicted molar refractivity (Wildman–Crippen MR) is 84.6 cm³/mol. The standard InChI is InChI=1S/C18H24O3/c1-17(2,3)13-10-12(8-7-9-15(19)20)16(21)14(11-13)18(4,5)6/h10-11,21H,9H2,1-6H3,(H,19,20). The van der Waals surface area contributed by atoms with E-state index in [0.29, 0.717) is 5.56 Å². The first-order valence-corrected chi connectivity index (χ1v) is 7.01. The summed E-state index contributed by atoms with van der Waals surface area (Å²) in [6, 6.07) is 3.86. The predicted octanol–water partition coefficient (Wildman–Crippen LogP) is 3.81. The summed E-state index contributed by atoms with van der Waals surface area (Å²) in [6.07, 6.45) is -0.232. The fourth-order valence-electron chi connectivity index (χ4n) is 1.95. The van der Waals surface area contributed by atoms with E-state index >= 15 is 0 Å². The molecule has 1 aromatic carbocycles. The maximum absolute atomic E-state index is 10.6. The first-order valence-electron chi connectivity index (χ1n) is 7.01. The molecule has 21 heavy (non-hydrogen) atoms. The molecule has 0 radical (unpaired) electrons. The van der Waals surface area contributed by atoms with Crippen molar-refractivity contribution in [3.05, 3.63) is 28.8 Å². The Kier molecular flexibility index (Phi) is 4.73. The van der Waals surface area contributed by atoms with Gasteiger partial charge in [-0.1, -0.05) is 59.4 Å². The lowest BCUT2D eigenvalue weighted by Crippen LogP contribution is -2.17. The average Bonchev–Trinajstić information content (AvgIpc) is 2.27. The van der Waals surface area contributed by atoms with E-state index in [1.807, 2.05) is 32.9 Å². The van der Waals surface area contributed by atoms with Gasteiger partial charge < -0.3 is 10.2 Å².